The molecule has 0 aromatic heterocycles. The van der Waals surface area contributed by atoms with E-state index in [9.17, 15) is 4.79 Å². The molecule has 2 nitrogen and oxygen atoms in total. The molecule has 0 N–H and O–H groups in total. The van der Waals surface area contributed by atoms with E-state index < -0.39 is 0 Å². The van der Waals surface area contributed by atoms with Crippen LogP contribution in [-0.4, -0.2) is 19.5 Å². The second-order valence-corrected chi connectivity index (χ2v) is 5.27. The molecular formula is C17H32O2. The molecule has 0 heterocycles. The number of carbonyl (C=O) groups is 1. The molecule has 0 radical (unpaired) electrons. The highest BCUT2D eigenvalue weighted by atomic mass is 16.5. The highest BCUT2D eigenvalue weighted by molar-refractivity contribution is 5.64. The minimum atomic E-state index is 0.278. The molecule has 2 heteroatoms. The highest BCUT2D eigenvalue weighted by Gasteiger charge is 2.04. The first kappa shape index (κ1) is 18.4. The maximum atomic E-state index is 10.2. The molecule has 0 aliphatic carbocycles. The monoisotopic (exact) mass is 268 g/mol. The van der Waals surface area contributed by atoms with Gasteiger partial charge in [0.1, 0.15) is 6.29 Å². The van der Waals surface area contributed by atoms with Crippen LogP contribution in [0.15, 0.2) is 12.2 Å². The van der Waals surface area contributed by atoms with Gasteiger partial charge in [0.25, 0.3) is 0 Å². The van der Waals surface area contributed by atoms with Crippen molar-refractivity contribution in [1.82, 2.24) is 0 Å². The number of allylic oxidation sites excluding steroid dienone is 1. The van der Waals surface area contributed by atoms with E-state index in [1.54, 1.807) is 13.2 Å². The molecule has 0 aromatic rings. The second kappa shape index (κ2) is 15.4. The molecular weight excluding hydrogens is 236 g/mol. The molecule has 112 valence electrons. The van der Waals surface area contributed by atoms with Crippen LogP contribution in [0.2, 0.25) is 0 Å². The van der Waals surface area contributed by atoms with Crippen LogP contribution >= 0.6 is 0 Å². The van der Waals surface area contributed by atoms with E-state index in [0.717, 1.165) is 19.1 Å². The third kappa shape index (κ3) is 13.6. The van der Waals surface area contributed by atoms with Gasteiger partial charge in [0.15, 0.2) is 0 Å². The van der Waals surface area contributed by atoms with E-state index >= 15 is 0 Å². The Morgan fingerprint density at radius 1 is 0.947 bits per heavy atom. The summed E-state index contributed by atoms with van der Waals surface area (Å²) in [5.41, 5.74) is 0. The molecule has 0 spiro atoms. The zero-order valence-corrected chi connectivity index (χ0v) is 12.9. The van der Waals surface area contributed by atoms with Crippen molar-refractivity contribution in [3.63, 3.8) is 0 Å². The lowest BCUT2D eigenvalue weighted by atomic mass is 10.0. The average molecular weight is 268 g/mol. The topological polar surface area (TPSA) is 26.3 Å². The summed E-state index contributed by atoms with van der Waals surface area (Å²) in [5.74, 6) is 0. The van der Waals surface area contributed by atoms with Crippen molar-refractivity contribution in [2.45, 2.75) is 83.7 Å². The molecule has 0 aliphatic heterocycles. The van der Waals surface area contributed by atoms with Gasteiger partial charge >= 0.3 is 0 Å². The molecule has 0 aliphatic rings. The number of carbonyl (C=O) groups excluding carboxylic acids is 1. The van der Waals surface area contributed by atoms with E-state index in [2.05, 4.69) is 6.92 Å². The van der Waals surface area contributed by atoms with E-state index in [0.29, 0.717) is 0 Å². The average Bonchev–Trinajstić information content (AvgIpc) is 2.43. The maximum Gasteiger partial charge on any atom is 0.142 e. The largest absolute Gasteiger partial charge is 0.381 e. The van der Waals surface area contributed by atoms with Crippen LogP contribution in [0.1, 0.15) is 77.6 Å². The highest BCUT2D eigenvalue weighted by Crippen LogP contribution is 2.13. The molecule has 0 amide bonds. The minimum Gasteiger partial charge on any atom is -0.381 e. The number of rotatable bonds is 14. The second-order valence-electron chi connectivity index (χ2n) is 5.27. The predicted molar refractivity (Wildman–Crippen MR) is 82.5 cm³/mol. The smallest absolute Gasteiger partial charge is 0.142 e. The number of hydrogen-bond acceptors (Lipinski definition) is 2. The molecule has 1 unspecified atom stereocenters. The Morgan fingerprint density at radius 3 is 2.05 bits per heavy atom. The normalized spacial score (nSPS) is 12.9. The van der Waals surface area contributed by atoms with Crippen LogP contribution in [-0.2, 0) is 9.53 Å². The number of unbranched alkanes of at least 4 members (excludes halogenated alkanes) is 8. The van der Waals surface area contributed by atoms with Crippen molar-refractivity contribution in [2.75, 3.05) is 7.11 Å². The maximum absolute atomic E-state index is 10.2. The van der Waals surface area contributed by atoms with Crippen LogP contribution < -0.4 is 0 Å². The SMILES string of the molecule is CCCCCCCCCCCC(CC=CC=O)OC. The summed E-state index contributed by atoms with van der Waals surface area (Å²) in [6, 6.07) is 0. The Bertz CT molecular complexity index is 211. The first-order chi connectivity index (χ1) is 9.35. The third-order valence-corrected chi connectivity index (χ3v) is 3.58. The lowest BCUT2D eigenvalue weighted by Crippen LogP contribution is -2.08. The van der Waals surface area contributed by atoms with Crippen LogP contribution in [0.5, 0.6) is 0 Å². The number of methoxy groups -OCH3 is 1. The third-order valence-electron chi connectivity index (χ3n) is 3.58. The zero-order valence-electron chi connectivity index (χ0n) is 12.9. The fraction of sp³-hybridized carbons (Fsp3) is 0.824. The van der Waals surface area contributed by atoms with E-state index in [1.807, 2.05) is 6.08 Å². The number of ether oxygens (including phenoxy) is 1. The van der Waals surface area contributed by atoms with Crippen LogP contribution in [0.3, 0.4) is 0 Å². The fourth-order valence-corrected chi connectivity index (χ4v) is 2.30. The van der Waals surface area contributed by atoms with Gasteiger partial charge in [0.05, 0.1) is 6.10 Å². The van der Waals surface area contributed by atoms with E-state index in [4.69, 9.17) is 4.74 Å². The first-order valence-corrected chi connectivity index (χ1v) is 7.98. The van der Waals surface area contributed by atoms with Crippen LogP contribution in [0, 0.1) is 0 Å². The quantitative estimate of drug-likeness (QED) is 0.250. The van der Waals surface area contributed by atoms with Crippen molar-refractivity contribution >= 4 is 6.29 Å². The van der Waals surface area contributed by atoms with E-state index in [1.165, 1.54) is 57.8 Å². The molecule has 0 aromatic carbocycles. The molecule has 0 saturated carbocycles. The Hall–Kier alpha value is -0.630. The van der Waals surface area contributed by atoms with Gasteiger partial charge in [-0.15, -0.1) is 0 Å². The summed E-state index contributed by atoms with van der Waals surface area (Å²) in [7, 11) is 1.76. The van der Waals surface area contributed by atoms with Crippen molar-refractivity contribution in [3.8, 4) is 0 Å². The van der Waals surface area contributed by atoms with Gasteiger partial charge in [-0.1, -0.05) is 70.8 Å². The van der Waals surface area contributed by atoms with Crippen molar-refractivity contribution in [1.29, 1.82) is 0 Å². The lowest BCUT2D eigenvalue weighted by molar-refractivity contribution is -0.104. The summed E-state index contributed by atoms with van der Waals surface area (Å²) in [4.78, 5) is 10.2. The summed E-state index contributed by atoms with van der Waals surface area (Å²) in [5, 5.41) is 0. The molecule has 0 bridgehead atoms. The summed E-state index contributed by atoms with van der Waals surface area (Å²) < 4.78 is 5.40. The Balaban J connectivity index is 3.31. The lowest BCUT2D eigenvalue weighted by Gasteiger charge is -2.12. The van der Waals surface area contributed by atoms with Crippen molar-refractivity contribution in [2.24, 2.45) is 0 Å². The van der Waals surface area contributed by atoms with Crippen molar-refractivity contribution < 1.29 is 9.53 Å². The standard InChI is InChI=1S/C17H32O2/c1-3-4-5-6-7-8-9-10-11-14-17(19-2)15-12-13-16-18/h12-13,16-17H,3-11,14-15H2,1-2H3. The molecule has 19 heavy (non-hydrogen) atoms. The minimum absolute atomic E-state index is 0.278. The summed E-state index contributed by atoms with van der Waals surface area (Å²) in [6.45, 7) is 2.26. The number of aldehydes is 1. The van der Waals surface area contributed by atoms with E-state index in [-0.39, 0.29) is 6.10 Å². The van der Waals surface area contributed by atoms with Gasteiger partial charge in [-0.25, -0.2) is 0 Å². The summed E-state index contributed by atoms with van der Waals surface area (Å²) in [6.07, 6.45) is 18.7. The first-order valence-electron chi connectivity index (χ1n) is 7.98. The van der Waals surface area contributed by atoms with Crippen LogP contribution in [0.4, 0.5) is 0 Å². The molecule has 1 atom stereocenters. The molecule has 0 rings (SSSR count). The number of hydrogen-bond donors (Lipinski definition) is 0. The predicted octanol–water partition coefficient (Wildman–Crippen LogP) is 5.07. The van der Waals surface area contributed by atoms with Gasteiger partial charge in [-0.05, 0) is 18.9 Å². The summed E-state index contributed by atoms with van der Waals surface area (Å²) >= 11 is 0. The molecule has 0 fully saturated rings. The van der Waals surface area contributed by atoms with Gasteiger partial charge in [-0.3, -0.25) is 4.79 Å². The van der Waals surface area contributed by atoms with Crippen LogP contribution in [0.25, 0.3) is 0 Å². The van der Waals surface area contributed by atoms with Gasteiger partial charge in [0.2, 0.25) is 0 Å². The Kier molecular flexibility index (Phi) is 14.9. The van der Waals surface area contributed by atoms with Gasteiger partial charge in [0, 0.05) is 7.11 Å². The molecule has 0 saturated heterocycles. The zero-order chi connectivity index (χ0) is 14.2. The van der Waals surface area contributed by atoms with Gasteiger partial charge < -0.3 is 4.74 Å². The fourth-order valence-electron chi connectivity index (χ4n) is 2.30. The van der Waals surface area contributed by atoms with Gasteiger partial charge in [-0.2, -0.15) is 0 Å². The van der Waals surface area contributed by atoms with Crippen molar-refractivity contribution in [3.05, 3.63) is 12.2 Å². The Labute approximate surface area is 119 Å². The Morgan fingerprint density at radius 2 is 1.53 bits per heavy atom.